The van der Waals surface area contributed by atoms with Gasteiger partial charge in [-0.3, -0.25) is 9.89 Å². The van der Waals surface area contributed by atoms with Crippen molar-refractivity contribution in [3.05, 3.63) is 53.2 Å². The maximum atomic E-state index is 12.7. The number of rotatable bonds is 5. The Morgan fingerprint density at radius 3 is 2.70 bits per heavy atom. The molecule has 1 aromatic heterocycles. The summed E-state index contributed by atoms with van der Waals surface area (Å²) in [7, 11) is -2.24. The number of H-pyrrole nitrogens is 1. The summed E-state index contributed by atoms with van der Waals surface area (Å²) in [6.45, 7) is 3.54. The predicted octanol–water partition coefficient (Wildman–Crippen LogP) is 3.50. The van der Waals surface area contributed by atoms with Gasteiger partial charge in [-0.05, 0) is 38.1 Å². The number of nitrogens with one attached hydrogen (secondary N) is 2. The molecule has 0 atom stereocenters. The molecule has 0 fully saturated rings. The molecule has 3 aromatic rings. The first-order valence-corrected chi connectivity index (χ1v) is 10.0. The molecule has 9 heteroatoms. The van der Waals surface area contributed by atoms with Crippen molar-refractivity contribution in [3.8, 4) is 0 Å². The first-order valence-electron chi connectivity index (χ1n) is 8.23. The normalized spacial score (nSPS) is 12.1. The molecular formula is C18H19ClN4O3S. The number of sulfonamides is 1. The minimum Gasteiger partial charge on any atom is -0.320 e. The molecule has 2 N–H and O–H groups in total. The third-order valence-electron chi connectivity index (χ3n) is 4.31. The minimum atomic E-state index is -3.73. The Balaban J connectivity index is 1.97. The van der Waals surface area contributed by atoms with Crippen molar-refractivity contribution in [1.29, 1.82) is 0 Å². The van der Waals surface area contributed by atoms with Crippen LogP contribution in [-0.4, -0.2) is 41.9 Å². The highest BCUT2D eigenvalue weighted by Crippen LogP contribution is 2.26. The molecule has 0 saturated heterocycles. The van der Waals surface area contributed by atoms with Crippen LogP contribution in [0.15, 0.2) is 47.5 Å². The van der Waals surface area contributed by atoms with Crippen molar-refractivity contribution in [2.45, 2.75) is 24.8 Å². The first-order chi connectivity index (χ1) is 12.7. The zero-order chi connectivity index (χ0) is 19.8. The van der Waals surface area contributed by atoms with Crippen molar-refractivity contribution >= 4 is 44.1 Å². The summed E-state index contributed by atoms with van der Waals surface area (Å²) in [6.07, 6.45) is 1.65. The highest BCUT2D eigenvalue weighted by Gasteiger charge is 2.25. The summed E-state index contributed by atoms with van der Waals surface area (Å²) < 4.78 is 26.6. The average molecular weight is 407 g/mol. The van der Waals surface area contributed by atoms with E-state index in [1.165, 1.54) is 29.6 Å². The van der Waals surface area contributed by atoms with Gasteiger partial charge in [-0.25, -0.2) is 8.42 Å². The van der Waals surface area contributed by atoms with E-state index in [9.17, 15) is 13.2 Å². The summed E-state index contributed by atoms with van der Waals surface area (Å²) in [6, 6.07) is 9.24. The molecule has 1 amide bonds. The van der Waals surface area contributed by atoms with Gasteiger partial charge in [0.05, 0.1) is 32.9 Å². The van der Waals surface area contributed by atoms with Crippen LogP contribution in [0.3, 0.4) is 0 Å². The van der Waals surface area contributed by atoms with Gasteiger partial charge in [0, 0.05) is 18.5 Å². The van der Waals surface area contributed by atoms with Crippen LogP contribution < -0.4 is 5.32 Å². The van der Waals surface area contributed by atoms with Gasteiger partial charge in [-0.15, -0.1) is 0 Å². The van der Waals surface area contributed by atoms with E-state index >= 15 is 0 Å². The quantitative estimate of drug-likeness (QED) is 0.677. The van der Waals surface area contributed by atoms with Crippen molar-refractivity contribution in [1.82, 2.24) is 14.5 Å². The van der Waals surface area contributed by atoms with Gasteiger partial charge < -0.3 is 5.32 Å². The van der Waals surface area contributed by atoms with Crippen LogP contribution in [0.5, 0.6) is 0 Å². The lowest BCUT2D eigenvalue weighted by atomic mass is 10.2. The first kappa shape index (κ1) is 19.3. The van der Waals surface area contributed by atoms with Gasteiger partial charge in [-0.2, -0.15) is 9.40 Å². The van der Waals surface area contributed by atoms with Crippen LogP contribution in [-0.2, 0) is 10.0 Å². The molecule has 0 aliphatic carbocycles. The summed E-state index contributed by atoms with van der Waals surface area (Å²) in [5.74, 6) is -0.508. The summed E-state index contributed by atoms with van der Waals surface area (Å²) in [4.78, 5) is 12.8. The fourth-order valence-corrected chi connectivity index (χ4v) is 4.14. The molecule has 0 aliphatic rings. The Kier molecular flexibility index (Phi) is 5.23. The van der Waals surface area contributed by atoms with Gasteiger partial charge >= 0.3 is 0 Å². The Morgan fingerprint density at radius 2 is 2.00 bits per heavy atom. The van der Waals surface area contributed by atoms with Crippen LogP contribution in [0.1, 0.15) is 24.2 Å². The van der Waals surface area contributed by atoms with E-state index in [0.717, 1.165) is 5.39 Å². The van der Waals surface area contributed by atoms with Gasteiger partial charge in [0.2, 0.25) is 10.0 Å². The summed E-state index contributed by atoms with van der Waals surface area (Å²) in [5, 5.41) is 10.5. The third kappa shape index (κ3) is 3.69. The Hall–Kier alpha value is -2.42. The zero-order valence-electron chi connectivity index (χ0n) is 15.0. The van der Waals surface area contributed by atoms with Crippen LogP contribution in [0.2, 0.25) is 5.02 Å². The van der Waals surface area contributed by atoms with E-state index in [1.54, 1.807) is 32.2 Å². The van der Waals surface area contributed by atoms with Crippen LogP contribution in [0.4, 0.5) is 5.69 Å². The number of aromatic amines is 1. The molecule has 2 aromatic carbocycles. The molecule has 0 bridgehead atoms. The summed E-state index contributed by atoms with van der Waals surface area (Å²) >= 11 is 6.16. The van der Waals surface area contributed by atoms with E-state index in [2.05, 4.69) is 15.5 Å². The molecule has 3 rings (SSSR count). The molecular weight excluding hydrogens is 388 g/mol. The number of hydrogen-bond acceptors (Lipinski definition) is 4. The highest BCUT2D eigenvalue weighted by atomic mass is 35.5. The van der Waals surface area contributed by atoms with Crippen molar-refractivity contribution in [2.24, 2.45) is 0 Å². The van der Waals surface area contributed by atoms with Gasteiger partial charge in [0.1, 0.15) is 0 Å². The van der Waals surface area contributed by atoms with Crippen molar-refractivity contribution in [3.63, 3.8) is 0 Å². The van der Waals surface area contributed by atoms with Gasteiger partial charge in [0.25, 0.3) is 5.91 Å². The molecule has 0 aliphatic heterocycles. The van der Waals surface area contributed by atoms with Crippen molar-refractivity contribution in [2.75, 3.05) is 12.4 Å². The van der Waals surface area contributed by atoms with E-state index in [-0.39, 0.29) is 21.5 Å². The Bertz CT molecular complexity index is 1110. The number of anilines is 1. The van der Waals surface area contributed by atoms with Crippen LogP contribution in [0, 0.1) is 0 Å². The standard InChI is InChI=1S/C18H19ClN4O3S/c1-11(2)23(3)27(25,26)13-7-8-15(19)14(9-13)18(24)21-16-6-4-5-12-10-20-22-17(12)16/h4-11H,1-3H3,(H,20,22)(H,21,24). The molecule has 0 unspecified atom stereocenters. The highest BCUT2D eigenvalue weighted by molar-refractivity contribution is 7.89. The Morgan fingerprint density at radius 1 is 1.26 bits per heavy atom. The fourth-order valence-electron chi connectivity index (χ4n) is 2.55. The number of hydrogen-bond donors (Lipinski definition) is 2. The second kappa shape index (κ2) is 7.30. The number of halogens is 1. The number of para-hydroxylation sites is 1. The number of nitrogens with zero attached hydrogens (tertiary/aromatic N) is 2. The van der Waals surface area contributed by atoms with E-state index < -0.39 is 15.9 Å². The number of aromatic nitrogens is 2. The lowest BCUT2D eigenvalue weighted by Crippen LogP contribution is -2.33. The number of benzene rings is 2. The number of carbonyl (C=O) groups excluding carboxylic acids is 1. The van der Waals surface area contributed by atoms with Gasteiger partial charge in [0.15, 0.2) is 0 Å². The number of carbonyl (C=O) groups is 1. The SMILES string of the molecule is CC(C)N(C)S(=O)(=O)c1ccc(Cl)c(C(=O)Nc2cccc3cn[nH]c23)c1. The maximum Gasteiger partial charge on any atom is 0.257 e. The molecule has 142 valence electrons. The molecule has 0 spiro atoms. The second-order valence-corrected chi connectivity index (χ2v) is 8.76. The zero-order valence-corrected chi connectivity index (χ0v) is 16.6. The lowest BCUT2D eigenvalue weighted by Gasteiger charge is -2.21. The lowest BCUT2D eigenvalue weighted by molar-refractivity contribution is 0.102. The summed E-state index contributed by atoms with van der Waals surface area (Å²) in [5.41, 5.74) is 1.27. The third-order valence-corrected chi connectivity index (χ3v) is 6.67. The Labute approximate surface area is 162 Å². The topological polar surface area (TPSA) is 95.2 Å². The minimum absolute atomic E-state index is 0.00741. The smallest absolute Gasteiger partial charge is 0.257 e. The van der Waals surface area contributed by atoms with Crippen LogP contribution in [0.25, 0.3) is 10.9 Å². The van der Waals surface area contributed by atoms with E-state index in [4.69, 9.17) is 11.6 Å². The predicted molar refractivity (Wildman–Crippen MR) is 106 cm³/mol. The van der Waals surface area contributed by atoms with Crippen molar-refractivity contribution < 1.29 is 13.2 Å². The molecule has 0 saturated carbocycles. The fraction of sp³-hybridized carbons (Fsp3) is 0.222. The number of amides is 1. The monoisotopic (exact) mass is 406 g/mol. The molecule has 0 radical (unpaired) electrons. The van der Waals surface area contributed by atoms with Crippen LogP contribution >= 0.6 is 11.6 Å². The molecule has 27 heavy (non-hydrogen) atoms. The largest absolute Gasteiger partial charge is 0.320 e. The number of fused-ring (bicyclic) bond motifs is 1. The average Bonchev–Trinajstić information content (AvgIpc) is 3.10. The van der Waals surface area contributed by atoms with E-state index in [1.807, 2.05) is 6.07 Å². The molecule has 1 heterocycles. The second-order valence-electron chi connectivity index (χ2n) is 6.35. The van der Waals surface area contributed by atoms with Gasteiger partial charge in [-0.1, -0.05) is 23.7 Å². The maximum absolute atomic E-state index is 12.7. The molecule has 7 nitrogen and oxygen atoms in total. The van der Waals surface area contributed by atoms with E-state index in [0.29, 0.717) is 11.2 Å².